The van der Waals surface area contributed by atoms with E-state index >= 15 is 0 Å². The van der Waals surface area contributed by atoms with Crippen LogP contribution < -0.4 is 0 Å². The number of rotatable bonds is 1. The Kier molecular flexibility index (Phi) is 3.49. The molecule has 0 amide bonds. The zero-order chi connectivity index (χ0) is 9.30. The molecule has 0 saturated heterocycles. The summed E-state index contributed by atoms with van der Waals surface area (Å²) < 4.78 is 2.60. The summed E-state index contributed by atoms with van der Waals surface area (Å²) in [6.07, 6.45) is 0. The Hall–Kier alpha value is 0.330. The number of Topliss-reactive ketones (excluding diaryl/α,β-unsaturated/α-hetero) is 1. The van der Waals surface area contributed by atoms with E-state index in [-0.39, 0.29) is 5.78 Å². The van der Waals surface area contributed by atoms with Crippen LogP contribution in [-0.4, -0.2) is 5.78 Å². The van der Waals surface area contributed by atoms with E-state index in [1.54, 1.807) is 13.0 Å². The quantitative estimate of drug-likeness (QED) is 0.545. The van der Waals surface area contributed by atoms with Crippen molar-refractivity contribution in [3.8, 4) is 0 Å². The molecule has 0 N–H and O–H groups in total. The van der Waals surface area contributed by atoms with Crippen LogP contribution in [0.2, 0.25) is 0 Å². The minimum atomic E-state index is 0.0510. The Morgan fingerprint density at radius 1 is 1.17 bits per heavy atom. The van der Waals surface area contributed by atoms with E-state index in [1.165, 1.54) is 0 Å². The predicted molar refractivity (Wildman–Crippen MR) is 59.5 cm³/mol. The lowest BCUT2D eigenvalue weighted by Gasteiger charge is -2.03. The molecule has 1 nitrogen and oxygen atoms in total. The second-order valence-corrected chi connectivity index (χ2v) is 4.72. The summed E-state index contributed by atoms with van der Waals surface area (Å²) >= 11 is 10.0. The van der Waals surface area contributed by atoms with Gasteiger partial charge in [-0.15, -0.1) is 0 Å². The van der Waals surface area contributed by atoms with E-state index in [0.29, 0.717) is 5.56 Å². The number of benzene rings is 1. The van der Waals surface area contributed by atoms with E-state index in [4.69, 9.17) is 0 Å². The van der Waals surface area contributed by atoms with Gasteiger partial charge in [0.1, 0.15) is 0 Å². The Morgan fingerprint density at radius 3 is 2.25 bits per heavy atom. The van der Waals surface area contributed by atoms with Gasteiger partial charge in [-0.3, -0.25) is 4.79 Å². The van der Waals surface area contributed by atoms with E-state index < -0.39 is 0 Å². The molecule has 0 spiro atoms. The lowest BCUT2D eigenvalue weighted by molar-refractivity contribution is 0.101. The molecule has 0 radical (unpaired) electrons. The molecule has 4 heteroatoms. The van der Waals surface area contributed by atoms with Crippen molar-refractivity contribution in [3.05, 3.63) is 31.1 Å². The van der Waals surface area contributed by atoms with Gasteiger partial charge in [-0.25, -0.2) is 0 Å². The third kappa shape index (κ3) is 1.98. The first-order chi connectivity index (χ1) is 5.54. The molecule has 1 aromatic rings. The SMILES string of the molecule is CC(=O)c1ccc(Br)c(Br)c1Br. The van der Waals surface area contributed by atoms with Crippen molar-refractivity contribution in [2.75, 3.05) is 0 Å². The molecule has 0 aromatic heterocycles. The normalized spacial score (nSPS) is 10.0. The summed E-state index contributed by atoms with van der Waals surface area (Å²) in [6.45, 7) is 1.54. The van der Waals surface area contributed by atoms with Gasteiger partial charge in [-0.2, -0.15) is 0 Å². The molecule has 0 unspecified atom stereocenters. The fraction of sp³-hybridized carbons (Fsp3) is 0.125. The van der Waals surface area contributed by atoms with Crippen molar-refractivity contribution < 1.29 is 4.79 Å². The van der Waals surface area contributed by atoms with E-state index in [2.05, 4.69) is 47.8 Å². The average Bonchev–Trinajstić information content (AvgIpc) is 2.00. The van der Waals surface area contributed by atoms with Crippen molar-refractivity contribution in [2.24, 2.45) is 0 Å². The first-order valence-electron chi connectivity index (χ1n) is 3.18. The van der Waals surface area contributed by atoms with Gasteiger partial charge >= 0.3 is 0 Å². The zero-order valence-electron chi connectivity index (χ0n) is 6.20. The van der Waals surface area contributed by atoms with Crippen LogP contribution in [0.3, 0.4) is 0 Å². The van der Waals surface area contributed by atoms with Crippen molar-refractivity contribution in [1.82, 2.24) is 0 Å². The molecule has 0 fully saturated rings. The number of carbonyl (C=O) groups is 1. The summed E-state index contributed by atoms with van der Waals surface area (Å²) in [7, 11) is 0. The van der Waals surface area contributed by atoms with Gasteiger partial charge in [-0.1, -0.05) is 0 Å². The van der Waals surface area contributed by atoms with Crippen molar-refractivity contribution in [1.29, 1.82) is 0 Å². The lowest BCUT2D eigenvalue weighted by atomic mass is 10.2. The predicted octanol–water partition coefficient (Wildman–Crippen LogP) is 4.18. The maximum Gasteiger partial charge on any atom is 0.160 e. The Labute approximate surface area is 95.9 Å². The molecule has 0 bridgehead atoms. The topological polar surface area (TPSA) is 17.1 Å². The molecule has 12 heavy (non-hydrogen) atoms. The summed E-state index contributed by atoms with van der Waals surface area (Å²) in [5.74, 6) is 0.0510. The van der Waals surface area contributed by atoms with Crippen molar-refractivity contribution >= 4 is 53.6 Å². The zero-order valence-corrected chi connectivity index (χ0v) is 11.0. The molecular weight excluding hydrogens is 352 g/mol. The number of halogens is 3. The first-order valence-corrected chi connectivity index (χ1v) is 5.56. The van der Waals surface area contributed by atoms with Crippen LogP contribution in [0.25, 0.3) is 0 Å². The second-order valence-electron chi connectivity index (χ2n) is 2.28. The van der Waals surface area contributed by atoms with Crippen LogP contribution in [-0.2, 0) is 0 Å². The minimum Gasteiger partial charge on any atom is -0.294 e. The maximum atomic E-state index is 11.1. The third-order valence-corrected chi connectivity index (χ3v) is 4.79. The van der Waals surface area contributed by atoms with Gasteiger partial charge in [0.15, 0.2) is 5.78 Å². The molecule has 0 aliphatic carbocycles. The average molecular weight is 357 g/mol. The summed E-state index contributed by atoms with van der Waals surface area (Å²) in [4.78, 5) is 11.1. The highest BCUT2D eigenvalue weighted by atomic mass is 79.9. The van der Waals surface area contributed by atoms with Gasteiger partial charge in [-0.05, 0) is 66.8 Å². The summed E-state index contributed by atoms with van der Waals surface area (Å²) in [5, 5.41) is 0. The number of hydrogen-bond acceptors (Lipinski definition) is 1. The number of hydrogen-bond donors (Lipinski definition) is 0. The third-order valence-electron chi connectivity index (χ3n) is 1.41. The summed E-state index contributed by atoms with van der Waals surface area (Å²) in [6, 6.07) is 3.62. The van der Waals surface area contributed by atoms with Crippen LogP contribution in [0.1, 0.15) is 17.3 Å². The highest BCUT2D eigenvalue weighted by Crippen LogP contribution is 2.33. The van der Waals surface area contributed by atoms with Crippen LogP contribution in [0.5, 0.6) is 0 Å². The molecular formula is C8H5Br3O. The number of ketones is 1. The number of carbonyl (C=O) groups excluding carboxylic acids is 1. The Morgan fingerprint density at radius 2 is 1.75 bits per heavy atom. The van der Waals surface area contributed by atoms with Crippen LogP contribution in [0, 0.1) is 0 Å². The molecule has 0 aliphatic heterocycles. The van der Waals surface area contributed by atoms with Crippen molar-refractivity contribution in [3.63, 3.8) is 0 Å². The maximum absolute atomic E-state index is 11.1. The van der Waals surface area contributed by atoms with E-state index in [9.17, 15) is 4.79 Å². The Bertz CT molecular complexity index is 333. The fourth-order valence-electron chi connectivity index (χ4n) is 0.798. The molecule has 1 aromatic carbocycles. The van der Waals surface area contributed by atoms with Gasteiger partial charge in [0.05, 0.1) is 0 Å². The molecule has 0 aliphatic rings. The Balaban J connectivity index is 3.36. The minimum absolute atomic E-state index is 0.0510. The smallest absolute Gasteiger partial charge is 0.160 e. The van der Waals surface area contributed by atoms with Crippen LogP contribution in [0.4, 0.5) is 0 Å². The standard InChI is InChI=1S/C8H5Br3O/c1-4(12)5-2-3-6(9)8(11)7(5)10/h2-3H,1H3. The van der Waals surface area contributed by atoms with Crippen molar-refractivity contribution in [2.45, 2.75) is 6.92 Å². The lowest BCUT2D eigenvalue weighted by Crippen LogP contribution is -1.93. The van der Waals surface area contributed by atoms with E-state index in [1.807, 2.05) is 6.07 Å². The molecule has 0 heterocycles. The second kappa shape index (κ2) is 4.03. The van der Waals surface area contributed by atoms with Crippen LogP contribution >= 0.6 is 47.8 Å². The van der Waals surface area contributed by atoms with Gasteiger partial charge in [0.25, 0.3) is 0 Å². The van der Waals surface area contributed by atoms with E-state index in [0.717, 1.165) is 13.4 Å². The highest BCUT2D eigenvalue weighted by Gasteiger charge is 2.09. The van der Waals surface area contributed by atoms with Gasteiger partial charge in [0, 0.05) is 19.0 Å². The highest BCUT2D eigenvalue weighted by molar-refractivity contribution is 9.14. The van der Waals surface area contributed by atoms with Gasteiger partial charge in [0.2, 0.25) is 0 Å². The largest absolute Gasteiger partial charge is 0.294 e. The molecule has 0 atom stereocenters. The summed E-state index contributed by atoms with van der Waals surface area (Å²) in [5.41, 5.74) is 0.685. The molecule has 1 rings (SSSR count). The fourth-order valence-corrected chi connectivity index (χ4v) is 2.36. The monoisotopic (exact) mass is 354 g/mol. The first kappa shape index (κ1) is 10.4. The molecule has 0 saturated carbocycles. The van der Waals surface area contributed by atoms with Gasteiger partial charge < -0.3 is 0 Å². The molecule has 64 valence electrons. The van der Waals surface area contributed by atoms with Crippen LogP contribution in [0.15, 0.2) is 25.6 Å².